The quantitative estimate of drug-likeness (QED) is 0.365. The van der Waals surface area contributed by atoms with Crippen molar-refractivity contribution in [3.05, 3.63) is 133 Å². The summed E-state index contributed by atoms with van der Waals surface area (Å²) in [5.41, 5.74) is 2.58. The molecule has 0 N–H and O–H groups in total. The minimum absolute atomic E-state index is 1.09. The molecule has 0 saturated heterocycles. The Morgan fingerprint density at radius 2 is 1.04 bits per heavy atom. The molecule has 0 aliphatic carbocycles. The number of hydrogen-bond donors (Lipinski definition) is 0. The van der Waals surface area contributed by atoms with E-state index in [9.17, 15) is 0 Å². The molecular weight excluding hydrogens is 443 g/mol. The molecular formula is C27H24Sn. The van der Waals surface area contributed by atoms with Crippen LogP contribution in [0.25, 0.3) is 6.08 Å². The fourth-order valence-corrected chi connectivity index (χ4v) is 17.6. The molecule has 0 bridgehead atoms. The fraction of sp³-hybridized carbons (Fsp3) is 0.0370. The summed E-state index contributed by atoms with van der Waals surface area (Å²) in [6, 6.07) is 42.4. The van der Waals surface area contributed by atoms with E-state index in [0.717, 1.165) is 4.44 Å². The molecule has 136 valence electrons. The van der Waals surface area contributed by atoms with E-state index in [4.69, 9.17) is 0 Å². The Labute approximate surface area is 172 Å². The van der Waals surface area contributed by atoms with Crippen LogP contribution in [0, 0.1) is 0 Å². The normalized spacial score (nSPS) is 11.1. The summed E-state index contributed by atoms with van der Waals surface area (Å²) in [6.07, 6.45) is 1.94. The van der Waals surface area contributed by atoms with Crippen LogP contribution < -0.4 is 10.7 Å². The van der Waals surface area contributed by atoms with Gasteiger partial charge in [-0.1, -0.05) is 0 Å². The first-order valence-corrected chi connectivity index (χ1v) is 16.0. The maximum absolute atomic E-state index is 3.96. The van der Waals surface area contributed by atoms with Gasteiger partial charge in [-0.2, -0.15) is 0 Å². The molecule has 0 fully saturated rings. The van der Waals surface area contributed by atoms with Crippen LogP contribution in [0.1, 0.15) is 11.1 Å². The monoisotopic (exact) mass is 468 g/mol. The molecule has 0 heterocycles. The Bertz CT molecular complexity index is 940. The molecule has 0 aliphatic heterocycles. The third-order valence-electron chi connectivity index (χ3n) is 5.46. The van der Waals surface area contributed by atoms with Gasteiger partial charge in [-0.05, 0) is 0 Å². The van der Waals surface area contributed by atoms with Crippen molar-refractivity contribution in [1.29, 1.82) is 0 Å². The Hall–Kier alpha value is -2.58. The number of rotatable bonds is 6. The Balaban J connectivity index is 1.99. The summed E-state index contributed by atoms with van der Waals surface area (Å²) in [7, 11) is 0. The molecule has 0 amide bonds. The van der Waals surface area contributed by atoms with Crippen molar-refractivity contribution in [3.63, 3.8) is 0 Å². The van der Waals surface area contributed by atoms with Crippen LogP contribution in [0.4, 0.5) is 0 Å². The molecule has 0 aliphatic rings. The predicted octanol–water partition coefficient (Wildman–Crippen LogP) is 4.58. The van der Waals surface area contributed by atoms with Crippen LogP contribution in [0.15, 0.2) is 122 Å². The van der Waals surface area contributed by atoms with Gasteiger partial charge < -0.3 is 0 Å². The maximum atomic E-state index is 3.96. The van der Waals surface area contributed by atoms with Gasteiger partial charge in [0.25, 0.3) is 0 Å². The van der Waals surface area contributed by atoms with Crippen LogP contribution >= 0.6 is 0 Å². The van der Waals surface area contributed by atoms with Gasteiger partial charge in [0.2, 0.25) is 0 Å². The van der Waals surface area contributed by atoms with Crippen molar-refractivity contribution >= 4 is 35.2 Å². The molecule has 0 aromatic heterocycles. The van der Waals surface area contributed by atoms with Gasteiger partial charge in [0.05, 0.1) is 0 Å². The van der Waals surface area contributed by atoms with E-state index in [2.05, 4.69) is 122 Å². The zero-order valence-corrected chi connectivity index (χ0v) is 18.8. The Morgan fingerprint density at radius 1 is 0.571 bits per heavy atom. The van der Waals surface area contributed by atoms with E-state index in [1.54, 1.807) is 0 Å². The van der Waals surface area contributed by atoms with Crippen LogP contribution in [-0.4, -0.2) is 18.4 Å². The summed E-state index contributed by atoms with van der Waals surface area (Å²) in [6.45, 7) is 3.96. The summed E-state index contributed by atoms with van der Waals surface area (Å²) < 4.78 is 5.63. The van der Waals surface area contributed by atoms with Crippen molar-refractivity contribution in [1.82, 2.24) is 0 Å². The van der Waals surface area contributed by atoms with Gasteiger partial charge in [0.15, 0.2) is 0 Å². The molecule has 4 aromatic carbocycles. The van der Waals surface area contributed by atoms with Crippen molar-refractivity contribution in [2.24, 2.45) is 0 Å². The first kappa shape index (κ1) is 18.8. The van der Waals surface area contributed by atoms with Crippen molar-refractivity contribution in [3.8, 4) is 0 Å². The van der Waals surface area contributed by atoms with Gasteiger partial charge in [-0.3, -0.25) is 0 Å². The fourth-order valence-electron chi connectivity index (χ4n) is 4.11. The third kappa shape index (κ3) is 3.70. The number of benzene rings is 4. The van der Waals surface area contributed by atoms with Crippen LogP contribution in [-0.2, 0) is 4.44 Å². The summed E-state index contributed by atoms with van der Waals surface area (Å²) in [5, 5.41) is 0. The van der Waals surface area contributed by atoms with E-state index >= 15 is 0 Å². The van der Waals surface area contributed by atoms with E-state index < -0.39 is 18.4 Å². The van der Waals surface area contributed by atoms with E-state index in [0.29, 0.717) is 0 Å². The van der Waals surface area contributed by atoms with Crippen LogP contribution in [0.3, 0.4) is 0 Å². The molecule has 28 heavy (non-hydrogen) atoms. The molecule has 0 unspecified atom stereocenters. The van der Waals surface area contributed by atoms with Gasteiger partial charge in [0, 0.05) is 0 Å². The number of hydrogen-bond acceptors (Lipinski definition) is 0. The average molecular weight is 467 g/mol. The van der Waals surface area contributed by atoms with Crippen molar-refractivity contribution in [2.75, 3.05) is 0 Å². The summed E-state index contributed by atoms with van der Waals surface area (Å²) in [5.74, 6) is 0. The van der Waals surface area contributed by atoms with E-state index in [-0.39, 0.29) is 0 Å². The summed E-state index contributed by atoms with van der Waals surface area (Å²) in [4.78, 5) is 0. The molecule has 0 saturated carbocycles. The van der Waals surface area contributed by atoms with Gasteiger partial charge >= 0.3 is 173 Å². The second kappa shape index (κ2) is 8.62. The predicted molar refractivity (Wildman–Crippen MR) is 124 cm³/mol. The second-order valence-electron chi connectivity index (χ2n) is 7.13. The standard InChI is InChI=1S/C9H9.3C6H5.Sn/c1-3-9-6-4-5-8(2)7-9;3*1-2-4-6-5-3-1;/h3-7H,1-2H2;3*1-5H;. The van der Waals surface area contributed by atoms with Crippen molar-refractivity contribution in [2.45, 2.75) is 4.44 Å². The van der Waals surface area contributed by atoms with E-state index in [1.165, 1.54) is 21.9 Å². The van der Waals surface area contributed by atoms with Gasteiger partial charge in [0.1, 0.15) is 0 Å². The third-order valence-corrected chi connectivity index (χ3v) is 19.4. The van der Waals surface area contributed by atoms with Gasteiger partial charge in [-0.15, -0.1) is 0 Å². The molecule has 4 aromatic rings. The molecule has 0 spiro atoms. The first-order valence-electron chi connectivity index (χ1n) is 9.71. The second-order valence-corrected chi connectivity index (χ2v) is 18.2. The van der Waals surface area contributed by atoms with E-state index in [1.807, 2.05) is 6.08 Å². The molecule has 4 rings (SSSR count). The van der Waals surface area contributed by atoms with Gasteiger partial charge in [-0.25, -0.2) is 0 Å². The first-order chi connectivity index (χ1) is 13.8. The molecule has 0 atom stereocenters. The summed E-state index contributed by atoms with van der Waals surface area (Å²) >= 11 is -3.25. The Morgan fingerprint density at radius 3 is 1.46 bits per heavy atom. The van der Waals surface area contributed by atoms with Crippen molar-refractivity contribution < 1.29 is 0 Å². The minimum atomic E-state index is -3.25. The molecule has 0 radical (unpaired) electrons. The Kier molecular flexibility index (Phi) is 5.78. The topological polar surface area (TPSA) is 0 Å². The molecule has 1 heteroatoms. The molecule has 0 nitrogen and oxygen atoms in total. The SMILES string of the molecule is C=Cc1cccc([CH2][Sn]([c]2ccccc2)([c]2ccccc2)[c]2ccccc2)c1. The zero-order chi connectivity index (χ0) is 19.2. The van der Waals surface area contributed by atoms with Crippen LogP contribution in [0.5, 0.6) is 0 Å². The van der Waals surface area contributed by atoms with Crippen LogP contribution in [0.2, 0.25) is 0 Å². The average Bonchev–Trinajstić information content (AvgIpc) is 2.79. The zero-order valence-electron chi connectivity index (χ0n) is 16.0.